The summed E-state index contributed by atoms with van der Waals surface area (Å²) in [5.74, 6) is -1.74. The van der Waals surface area contributed by atoms with Crippen molar-refractivity contribution in [1.29, 1.82) is 0 Å². The minimum Gasteiger partial charge on any atom is -0.460 e. The van der Waals surface area contributed by atoms with E-state index in [0.29, 0.717) is 5.13 Å². The topological polar surface area (TPSA) is 138 Å². The van der Waals surface area contributed by atoms with Gasteiger partial charge >= 0.3 is 5.97 Å². The average Bonchev–Trinajstić information content (AvgIpc) is 2.98. The van der Waals surface area contributed by atoms with Crippen molar-refractivity contribution in [3.8, 4) is 0 Å². The molecule has 0 spiro atoms. The largest absolute Gasteiger partial charge is 0.460 e. The second-order valence-corrected chi connectivity index (χ2v) is 5.89. The maximum absolute atomic E-state index is 11.8. The van der Waals surface area contributed by atoms with E-state index < -0.39 is 42.9 Å². The van der Waals surface area contributed by atoms with E-state index in [1.165, 1.54) is 6.20 Å². The molecule has 1 aliphatic rings. The summed E-state index contributed by atoms with van der Waals surface area (Å²) in [4.78, 5) is 27.2. The first-order valence-corrected chi connectivity index (χ1v) is 7.84. The van der Waals surface area contributed by atoms with Gasteiger partial charge in [-0.3, -0.25) is 4.79 Å². The van der Waals surface area contributed by atoms with Gasteiger partial charge in [0.15, 0.2) is 5.13 Å². The maximum atomic E-state index is 11.8. The minimum absolute atomic E-state index is 0.0817. The SMILES string of the molecule is CCOC(=O)C(=O)c1cnc(N[C@@H]2CC(O)[C@H](O)C(CO)O2)s1. The zero-order valence-corrected chi connectivity index (χ0v) is 13.2. The van der Waals surface area contributed by atoms with Crippen molar-refractivity contribution in [2.45, 2.75) is 37.9 Å². The first-order chi connectivity index (χ1) is 11.0. The fraction of sp³-hybridized carbons (Fsp3) is 0.615. The highest BCUT2D eigenvalue weighted by atomic mass is 32.1. The molecule has 2 heterocycles. The second kappa shape index (κ2) is 7.79. The quantitative estimate of drug-likeness (QED) is 0.294. The summed E-state index contributed by atoms with van der Waals surface area (Å²) in [5, 5.41) is 31.6. The number of carbonyl (C=O) groups excluding carboxylic acids is 2. The van der Waals surface area contributed by atoms with Gasteiger partial charge in [-0.05, 0) is 6.92 Å². The molecule has 1 saturated heterocycles. The van der Waals surface area contributed by atoms with E-state index in [9.17, 15) is 19.8 Å². The number of nitrogens with zero attached hydrogens (tertiary/aromatic N) is 1. The molecule has 0 aliphatic carbocycles. The van der Waals surface area contributed by atoms with Gasteiger partial charge in [-0.2, -0.15) is 0 Å². The first kappa shape index (κ1) is 17.8. The van der Waals surface area contributed by atoms with Crippen LogP contribution in [0.1, 0.15) is 23.0 Å². The Kier molecular flexibility index (Phi) is 6.02. The molecule has 0 aromatic carbocycles. The monoisotopic (exact) mass is 346 g/mol. The van der Waals surface area contributed by atoms with Gasteiger partial charge in [0.05, 0.1) is 25.5 Å². The summed E-state index contributed by atoms with van der Waals surface area (Å²) in [6.45, 7) is 1.26. The van der Waals surface area contributed by atoms with Crippen LogP contribution in [0.5, 0.6) is 0 Å². The maximum Gasteiger partial charge on any atom is 0.380 e. The fourth-order valence-corrected chi connectivity index (χ4v) is 2.86. The molecule has 23 heavy (non-hydrogen) atoms. The normalized spacial score (nSPS) is 27.5. The Balaban J connectivity index is 1.99. The Morgan fingerprint density at radius 2 is 2.26 bits per heavy atom. The van der Waals surface area contributed by atoms with Crippen LogP contribution in [0.15, 0.2) is 6.20 Å². The van der Waals surface area contributed by atoms with Crippen molar-refractivity contribution >= 4 is 28.2 Å². The molecule has 9 nitrogen and oxygen atoms in total. The Morgan fingerprint density at radius 1 is 1.52 bits per heavy atom. The summed E-state index contributed by atoms with van der Waals surface area (Å²) >= 11 is 0.940. The van der Waals surface area contributed by atoms with Crippen LogP contribution < -0.4 is 5.32 Å². The number of ether oxygens (including phenoxy) is 2. The van der Waals surface area contributed by atoms with Gasteiger partial charge in [-0.15, -0.1) is 0 Å². The molecule has 2 unspecified atom stereocenters. The molecule has 4 N–H and O–H groups in total. The highest BCUT2D eigenvalue weighted by molar-refractivity contribution is 7.18. The molecule has 1 aromatic heterocycles. The van der Waals surface area contributed by atoms with Crippen molar-refractivity contribution in [3.05, 3.63) is 11.1 Å². The molecular weight excluding hydrogens is 328 g/mol. The molecule has 1 fully saturated rings. The summed E-state index contributed by atoms with van der Waals surface area (Å²) in [5.41, 5.74) is 0. The number of anilines is 1. The molecule has 1 aromatic rings. The van der Waals surface area contributed by atoms with E-state index in [4.69, 9.17) is 9.84 Å². The molecule has 1 aliphatic heterocycles. The van der Waals surface area contributed by atoms with Crippen LogP contribution in [-0.4, -0.2) is 69.8 Å². The van der Waals surface area contributed by atoms with E-state index in [2.05, 4.69) is 15.0 Å². The Labute approximate surface area is 135 Å². The average molecular weight is 346 g/mol. The third-order valence-corrected chi connectivity index (χ3v) is 4.15. The number of nitrogens with one attached hydrogen (secondary N) is 1. The van der Waals surface area contributed by atoms with Crippen LogP contribution in [0, 0.1) is 0 Å². The first-order valence-electron chi connectivity index (χ1n) is 7.02. The number of carbonyl (C=O) groups is 2. The van der Waals surface area contributed by atoms with Crippen LogP contribution in [0.2, 0.25) is 0 Å². The summed E-state index contributed by atoms with van der Waals surface area (Å²) < 4.78 is 10.0. The third-order valence-electron chi connectivity index (χ3n) is 3.22. The number of hydrogen-bond donors (Lipinski definition) is 4. The van der Waals surface area contributed by atoms with Gasteiger partial charge in [0.1, 0.15) is 23.3 Å². The van der Waals surface area contributed by atoms with Gasteiger partial charge in [0, 0.05) is 6.42 Å². The molecular formula is C13H18N2O7S. The van der Waals surface area contributed by atoms with Gasteiger partial charge in [-0.1, -0.05) is 11.3 Å². The Hall–Kier alpha value is -1.59. The van der Waals surface area contributed by atoms with Gasteiger partial charge in [-0.25, -0.2) is 9.78 Å². The summed E-state index contributed by atoms with van der Waals surface area (Å²) in [7, 11) is 0. The van der Waals surface area contributed by atoms with E-state index in [0.717, 1.165) is 11.3 Å². The van der Waals surface area contributed by atoms with Gasteiger partial charge in [0.2, 0.25) is 0 Å². The Morgan fingerprint density at radius 3 is 2.91 bits per heavy atom. The predicted molar refractivity (Wildman–Crippen MR) is 79.1 cm³/mol. The lowest BCUT2D eigenvalue weighted by atomic mass is 10.0. The molecule has 0 bridgehead atoms. The highest BCUT2D eigenvalue weighted by Gasteiger charge is 2.36. The number of Topliss-reactive ketones (excluding diaryl/α,β-unsaturated/α-hetero) is 1. The van der Waals surface area contributed by atoms with Gasteiger partial charge < -0.3 is 30.1 Å². The van der Waals surface area contributed by atoms with Crippen molar-refractivity contribution < 1.29 is 34.4 Å². The minimum atomic E-state index is -1.17. The summed E-state index contributed by atoms with van der Waals surface area (Å²) in [6, 6.07) is 0. The number of esters is 1. The standard InChI is InChI=1S/C13H18N2O7S/c1-2-21-12(20)11(19)8-4-14-13(23-8)15-9-3-6(17)10(18)7(5-16)22-9/h4,6-7,9-10,16-18H,2-3,5H2,1H3,(H,14,15)/t6?,7?,9-,10-/m0/s1. The van der Waals surface area contributed by atoms with Crippen LogP contribution in [-0.2, 0) is 14.3 Å². The van der Waals surface area contributed by atoms with E-state index in [-0.39, 0.29) is 17.9 Å². The molecule has 0 amide bonds. The number of rotatable bonds is 6. The molecule has 0 radical (unpaired) electrons. The zero-order chi connectivity index (χ0) is 17.0. The summed E-state index contributed by atoms with van der Waals surface area (Å²) in [6.07, 6.45) is -2.52. The highest BCUT2D eigenvalue weighted by Crippen LogP contribution is 2.25. The van der Waals surface area contributed by atoms with Crippen molar-refractivity contribution in [1.82, 2.24) is 4.98 Å². The van der Waals surface area contributed by atoms with Crippen LogP contribution in [0.3, 0.4) is 0 Å². The number of hydrogen-bond acceptors (Lipinski definition) is 10. The smallest absolute Gasteiger partial charge is 0.380 e. The second-order valence-electron chi connectivity index (χ2n) is 4.86. The zero-order valence-electron chi connectivity index (χ0n) is 12.3. The van der Waals surface area contributed by atoms with Crippen molar-refractivity contribution in [2.75, 3.05) is 18.5 Å². The fourth-order valence-electron chi connectivity index (χ4n) is 2.08. The third kappa shape index (κ3) is 4.24. The van der Waals surface area contributed by atoms with Gasteiger partial charge in [0.25, 0.3) is 5.78 Å². The molecule has 4 atom stereocenters. The number of aromatic nitrogens is 1. The lowest BCUT2D eigenvalue weighted by Gasteiger charge is -2.36. The molecule has 2 rings (SSSR count). The lowest BCUT2D eigenvalue weighted by Crippen LogP contribution is -2.51. The number of aliphatic hydroxyl groups excluding tert-OH is 3. The molecule has 128 valence electrons. The van der Waals surface area contributed by atoms with Crippen LogP contribution >= 0.6 is 11.3 Å². The number of ketones is 1. The lowest BCUT2D eigenvalue weighted by molar-refractivity contribution is -0.172. The van der Waals surface area contributed by atoms with E-state index in [1.54, 1.807) is 6.92 Å². The van der Waals surface area contributed by atoms with E-state index >= 15 is 0 Å². The molecule has 10 heteroatoms. The molecule has 0 saturated carbocycles. The van der Waals surface area contributed by atoms with Crippen molar-refractivity contribution in [2.24, 2.45) is 0 Å². The van der Waals surface area contributed by atoms with Crippen LogP contribution in [0.25, 0.3) is 0 Å². The number of thiazole rings is 1. The predicted octanol–water partition coefficient (Wildman–Crippen LogP) is -0.870. The van der Waals surface area contributed by atoms with Crippen molar-refractivity contribution in [3.63, 3.8) is 0 Å². The van der Waals surface area contributed by atoms with E-state index in [1.807, 2.05) is 0 Å². The Bertz CT molecular complexity index is 564. The number of aliphatic hydroxyl groups is 3. The van der Waals surface area contributed by atoms with Crippen LogP contribution in [0.4, 0.5) is 5.13 Å².